The number of nitrogens with zero attached hydrogens (tertiary/aromatic N) is 6. The highest BCUT2D eigenvalue weighted by atomic mass is 35.5. The average Bonchev–Trinajstić information content (AvgIpc) is 3.90. The molecule has 0 spiro atoms. The molecule has 2 atom stereocenters. The molecule has 2 aliphatic heterocycles. The molecule has 12 heteroatoms. The zero-order valence-electron chi connectivity index (χ0n) is 27.2. The summed E-state index contributed by atoms with van der Waals surface area (Å²) in [7, 11) is 0. The number of halogens is 2. The fourth-order valence-corrected chi connectivity index (χ4v) is 7.39. The molecule has 1 saturated heterocycles. The molecular weight excluding hydrogens is 635 g/mol. The average molecular weight is 671 g/mol. The van der Waals surface area contributed by atoms with E-state index in [-0.39, 0.29) is 75.6 Å². The van der Waals surface area contributed by atoms with Crippen LogP contribution >= 0.6 is 11.6 Å². The number of amides is 2. The summed E-state index contributed by atoms with van der Waals surface area (Å²) in [4.78, 5) is 57.0. The Labute approximate surface area is 282 Å². The van der Waals surface area contributed by atoms with Crippen LogP contribution in [0, 0.1) is 18.7 Å². The van der Waals surface area contributed by atoms with Gasteiger partial charge < -0.3 is 19.8 Å². The predicted molar refractivity (Wildman–Crippen MR) is 184 cm³/mol. The third-order valence-electron chi connectivity index (χ3n) is 9.65. The number of pyridine rings is 3. The van der Waals surface area contributed by atoms with E-state index in [2.05, 4.69) is 16.5 Å². The van der Waals surface area contributed by atoms with Crippen LogP contribution in [-0.2, 0) is 9.59 Å². The third kappa shape index (κ3) is 4.94. The van der Waals surface area contributed by atoms with Crippen molar-refractivity contribution in [3.63, 3.8) is 0 Å². The topological polar surface area (TPSA) is 112 Å². The Morgan fingerprint density at radius 2 is 1.88 bits per heavy atom. The Morgan fingerprint density at radius 3 is 2.54 bits per heavy atom. The fraction of sp³-hybridized carbons (Fsp3) is 0.361. The van der Waals surface area contributed by atoms with Crippen molar-refractivity contribution < 1.29 is 19.1 Å². The van der Waals surface area contributed by atoms with E-state index in [4.69, 9.17) is 16.6 Å². The Kier molecular flexibility index (Phi) is 7.77. The first kappa shape index (κ1) is 31.8. The number of fused-ring (bicyclic) bond motifs is 5. The molecule has 7 rings (SSSR count). The van der Waals surface area contributed by atoms with Crippen LogP contribution in [0.4, 0.5) is 15.8 Å². The van der Waals surface area contributed by atoms with Gasteiger partial charge in [0.2, 0.25) is 11.8 Å². The van der Waals surface area contributed by atoms with Crippen molar-refractivity contribution in [3.05, 3.63) is 81.6 Å². The molecule has 3 aromatic heterocycles. The molecule has 1 aromatic carbocycles. The minimum Gasteiger partial charge on any atom is -0.507 e. The van der Waals surface area contributed by atoms with Crippen LogP contribution in [0.15, 0.2) is 54.0 Å². The molecular formula is C36H36ClFN6O4. The number of carbonyl (C=O) groups is 2. The molecule has 2 amide bonds. The van der Waals surface area contributed by atoms with Gasteiger partial charge in [-0.15, -0.1) is 0 Å². The summed E-state index contributed by atoms with van der Waals surface area (Å²) >= 11 is 6.92. The van der Waals surface area contributed by atoms with Crippen molar-refractivity contribution in [2.75, 3.05) is 29.4 Å². The van der Waals surface area contributed by atoms with Gasteiger partial charge in [-0.1, -0.05) is 38.1 Å². The molecule has 2 unspecified atom stereocenters. The first-order valence-corrected chi connectivity index (χ1v) is 16.5. The summed E-state index contributed by atoms with van der Waals surface area (Å²) in [6.45, 7) is 12.3. The van der Waals surface area contributed by atoms with Crippen LogP contribution in [0.3, 0.4) is 0 Å². The Balaban J connectivity index is 1.61. The van der Waals surface area contributed by atoms with Crippen LogP contribution in [-0.4, -0.2) is 68.1 Å². The molecule has 0 radical (unpaired) electrons. The highest BCUT2D eigenvalue weighted by Crippen LogP contribution is 2.46. The maximum absolute atomic E-state index is 15.3. The molecule has 1 saturated carbocycles. The summed E-state index contributed by atoms with van der Waals surface area (Å²) in [6, 6.07) is 6.80. The van der Waals surface area contributed by atoms with Crippen molar-refractivity contribution in [1.82, 2.24) is 19.4 Å². The number of rotatable bonds is 5. The van der Waals surface area contributed by atoms with Gasteiger partial charge in [-0.2, -0.15) is 0 Å². The van der Waals surface area contributed by atoms with Crippen molar-refractivity contribution >= 4 is 45.8 Å². The highest BCUT2D eigenvalue weighted by Gasteiger charge is 2.46. The Hall–Kier alpha value is -4.77. The zero-order valence-corrected chi connectivity index (χ0v) is 28.0. The number of carbonyl (C=O) groups excluding carboxylic acids is 2. The molecule has 3 aliphatic rings. The number of hydrogen-bond donors (Lipinski definition) is 1. The monoisotopic (exact) mass is 670 g/mol. The molecule has 5 heterocycles. The second-order valence-corrected chi connectivity index (χ2v) is 13.7. The lowest BCUT2D eigenvalue weighted by atomic mass is 9.97. The molecule has 1 N–H and O–H groups in total. The fourth-order valence-electron chi connectivity index (χ4n) is 7.15. The summed E-state index contributed by atoms with van der Waals surface area (Å²) in [5.74, 6) is -1.71. The summed E-state index contributed by atoms with van der Waals surface area (Å²) in [6.07, 6.45) is 4.45. The van der Waals surface area contributed by atoms with E-state index in [0.29, 0.717) is 35.5 Å². The molecule has 48 heavy (non-hydrogen) atoms. The van der Waals surface area contributed by atoms with Crippen LogP contribution < -0.4 is 15.4 Å². The van der Waals surface area contributed by atoms with Gasteiger partial charge in [0.25, 0.3) is 5.56 Å². The standard InChI is InChI=1S/C36H36ClFN6O4/c1-6-27(46)41-16-22-17-43(35(47)21-10-11-21)33-32(42(22)15-20(41)5)23-14-24(37)30(28-25(38)8-7-9-26(28)45)40-34(23)44(36(33)48)31-19(4)12-13-39-29(31)18(2)3/h6-9,12-14,18,20-22,45H,1,10-11,15-17H2,2-5H3. The molecule has 0 bridgehead atoms. The minimum atomic E-state index is -0.728. The smallest absolute Gasteiger partial charge is 0.283 e. The number of piperazine rings is 1. The predicted octanol–water partition coefficient (Wildman–Crippen LogP) is 5.73. The minimum absolute atomic E-state index is 0.0338. The van der Waals surface area contributed by atoms with Crippen LogP contribution in [0.1, 0.15) is 50.8 Å². The van der Waals surface area contributed by atoms with Crippen LogP contribution in [0.25, 0.3) is 28.0 Å². The van der Waals surface area contributed by atoms with Crippen LogP contribution in [0.5, 0.6) is 5.75 Å². The van der Waals surface area contributed by atoms with Crippen molar-refractivity contribution in [3.8, 4) is 22.7 Å². The van der Waals surface area contributed by atoms with E-state index in [0.717, 1.165) is 18.4 Å². The second-order valence-electron chi connectivity index (χ2n) is 13.3. The van der Waals surface area contributed by atoms with Gasteiger partial charge in [-0.05, 0) is 68.5 Å². The number of anilines is 2. The zero-order chi connectivity index (χ0) is 34.2. The number of phenols is 1. The van der Waals surface area contributed by atoms with E-state index in [1.54, 1.807) is 28.1 Å². The van der Waals surface area contributed by atoms with Gasteiger partial charge in [-0.25, -0.2) is 9.37 Å². The largest absolute Gasteiger partial charge is 0.507 e. The highest BCUT2D eigenvalue weighted by molar-refractivity contribution is 6.34. The van der Waals surface area contributed by atoms with Gasteiger partial charge in [0.1, 0.15) is 17.3 Å². The van der Waals surface area contributed by atoms with Crippen molar-refractivity contribution in [1.29, 1.82) is 0 Å². The normalized spacial score (nSPS) is 19.0. The number of benzene rings is 1. The van der Waals surface area contributed by atoms with E-state index in [9.17, 15) is 14.7 Å². The lowest BCUT2D eigenvalue weighted by Gasteiger charge is -2.51. The SMILES string of the molecule is C=CC(=O)N1CC2CN(C(=O)C3CC3)c3c(c4cc(Cl)c(-c5c(O)cccc5F)nc4n(-c4c(C)ccnc4C(C)C)c3=O)N2CC1C. The van der Waals surface area contributed by atoms with Crippen molar-refractivity contribution in [2.24, 2.45) is 5.92 Å². The molecule has 4 aromatic rings. The van der Waals surface area contributed by atoms with Gasteiger partial charge in [0, 0.05) is 43.2 Å². The first-order valence-electron chi connectivity index (χ1n) is 16.2. The summed E-state index contributed by atoms with van der Waals surface area (Å²) < 4.78 is 16.8. The summed E-state index contributed by atoms with van der Waals surface area (Å²) in [5, 5.41) is 11.3. The lowest BCUT2D eigenvalue weighted by molar-refractivity contribution is -0.128. The van der Waals surface area contributed by atoms with Crippen molar-refractivity contribution in [2.45, 2.75) is 58.5 Å². The van der Waals surface area contributed by atoms with E-state index in [1.807, 2.05) is 27.7 Å². The van der Waals surface area contributed by atoms with E-state index in [1.165, 1.54) is 28.8 Å². The maximum Gasteiger partial charge on any atom is 0.283 e. The first-order chi connectivity index (χ1) is 22.9. The number of aromatic hydroxyl groups is 1. The molecule has 248 valence electrons. The third-order valence-corrected chi connectivity index (χ3v) is 9.94. The number of phenolic OH excluding ortho intramolecular Hbond substituents is 1. The molecule has 10 nitrogen and oxygen atoms in total. The van der Waals surface area contributed by atoms with Crippen LogP contribution in [0.2, 0.25) is 5.02 Å². The van der Waals surface area contributed by atoms with E-state index < -0.39 is 11.4 Å². The maximum atomic E-state index is 15.3. The molecule has 1 aliphatic carbocycles. The van der Waals surface area contributed by atoms with Gasteiger partial charge >= 0.3 is 0 Å². The number of aryl methyl sites for hydroxylation is 1. The van der Waals surface area contributed by atoms with Gasteiger partial charge in [0.05, 0.1) is 39.4 Å². The Bertz CT molecular complexity index is 2070. The Morgan fingerprint density at radius 1 is 1.12 bits per heavy atom. The second kappa shape index (κ2) is 11.7. The molecule has 2 fully saturated rings. The summed E-state index contributed by atoms with van der Waals surface area (Å²) in [5.41, 5.74) is 2.08. The van der Waals surface area contributed by atoms with E-state index >= 15 is 9.18 Å². The number of hydrogen-bond acceptors (Lipinski definition) is 7. The van der Waals surface area contributed by atoms with Gasteiger partial charge in [0.15, 0.2) is 5.65 Å². The van der Waals surface area contributed by atoms with Gasteiger partial charge in [-0.3, -0.25) is 23.9 Å². The number of aromatic nitrogens is 3. The lowest BCUT2D eigenvalue weighted by Crippen LogP contribution is -2.65. The quantitative estimate of drug-likeness (QED) is 0.270.